The maximum atomic E-state index is 5.84. The fourth-order valence-corrected chi connectivity index (χ4v) is 2.65. The molecule has 0 aliphatic carbocycles. The summed E-state index contributed by atoms with van der Waals surface area (Å²) in [6.07, 6.45) is 0. The molecule has 1 unspecified atom stereocenters. The van der Waals surface area contributed by atoms with Crippen LogP contribution in [0.25, 0.3) is 0 Å². The van der Waals surface area contributed by atoms with Gasteiger partial charge in [0.1, 0.15) is 0 Å². The molecule has 1 aliphatic rings. The van der Waals surface area contributed by atoms with Gasteiger partial charge in [0.15, 0.2) is 0 Å². The van der Waals surface area contributed by atoms with Gasteiger partial charge in [-0.2, -0.15) is 0 Å². The van der Waals surface area contributed by atoms with E-state index in [0.29, 0.717) is 6.04 Å². The minimum atomic E-state index is -0.0323. The Hall–Kier alpha value is -0.160. The van der Waals surface area contributed by atoms with Gasteiger partial charge in [0.05, 0.1) is 25.4 Å². The molecule has 0 amide bonds. The Balaban J connectivity index is 2.17. The van der Waals surface area contributed by atoms with Gasteiger partial charge >= 0.3 is 0 Å². The SMILES string of the molecule is CC1CN(CCOCC(C)(C)C)CCN1CCOC(C)(C)C. The van der Waals surface area contributed by atoms with Crippen LogP contribution in [0.15, 0.2) is 0 Å². The van der Waals surface area contributed by atoms with Gasteiger partial charge in [0, 0.05) is 38.8 Å². The second kappa shape index (κ2) is 8.62. The van der Waals surface area contributed by atoms with Gasteiger partial charge in [-0.1, -0.05) is 20.8 Å². The van der Waals surface area contributed by atoms with Crippen LogP contribution in [-0.2, 0) is 9.47 Å². The minimum absolute atomic E-state index is 0.0323. The van der Waals surface area contributed by atoms with Crippen molar-refractivity contribution in [2.75, 3.05) is 52.5 Å². The first-order valence-corrected chi connectivity index (χ1v) is 8.75. The molecule has 132 valence electrons. The summed E-state index contributed by atoms with van der Waals surface area (Å²) in [5.41, 5.74) is 0.231. The summed E-state index contributed by atoms with van der Waals surface area (Å²) in [5.74, 6) is 0. The number of hydrogen-bond donors (Lipinski definition) is 0. The van der Waals surface area contributed by atoms with Crippen LogP contribution in [0.2, 0.25) is 0 Å². The Morgan fingerprint density at radius 3 is 2.18 bits per heavy atom. The summed E-state index contributed by atoms with van der Waals surface area (Å²) in [5, 5.41) is 0. The van der Waals surface area contributed by atoms with Crippen molar-refractivity contribution in [1.82, 2.24) is 9.80 Å². The Bertz CT molecular complexity index is 307. The molecule has 1 heterocycles. The van der Waals surface area contributed by atoms with E-state index >= 15 is 0 Å². The molecule has 4 heteroatoms. The first kappa shape index (κ1) is 19.9. The third-order valence-corrected chi connectivity index (χ3v) is 3.85. The predicted molar refractivity (Wildman–Crippen MR) is 93.5 cm³/mol. The van der Waals surface area contributed by atoms with Crippen molar-refractivity contribution < 1.29 is 9.47 Å². The van der Waals surface area contributed by atoms with Gasteiger partial charge in [-0.15, -0.1) is 0 Å². The molecule has 1 rings (SSSR count). The molecule has 0 radical (unpaired) electrons. The van der Waals surface area contributed by atoms with E-state index in [9.17, 15) is 0 Å². The van der Waals surface area contributed by atoms with Gasteiger partial charge in [0.25, 0.3) is 0 Å². The van der Waals surface area contributed by atoms with Crippen molar-refractivity contribution in [3.63, 3.8) is 0 Å². The second-order valence-corrected chi connectivity index (χ2v) is 8.76. The highest BCUT2D eigenvalue weighted by molar-refractivity contribution is 4.79. The molecule has 1 atom stereocenters. The second-order valence-electron chi connectivity index (χ2n) is 8.76. The maximum absolute atomic E-state index is 5.84. The van der Waals surface area contributed by atoms with E-state index in [-0.39, 0.29) is 11.0 Å². The van der Waals surface area contributed by atoms with Crippen LogP contribution in [-0.4, -0.2) is 74.0 Å². The molecule has 0 saturated carbocycles. The maximum Gasteiger partial charge on any atom is 0.0600 e. The average Bonchev–Trinajstić information content (AvgIpc) is 2.34. The molecular weight excluding hydrogens is 276 g/mol. The summed E-state index contributed by atoms with van der Waals surface area (Å²) in [6, 6.07) is 0.597. The molecule has 22 heavy (non-hydrogen) atoms. The zero-order valence-electron chi connectivity index (χ0n) is 15.9. The van der Waals surface area contributed by atoms with E-state index < -0.39 is 0 Å². The van der Waals surface area contributed by atoms with Crippen molar-refractivity contribution in [3.8, 4) is 0 Å². The first-order valence-electron chi connectivity index (χ1n) is 8.75. The molecule has 0 aromatic heterocycles. The summed E-state index contributed by atoms with van der Waals surface area (Å²) in [6.45, 7) is 23.3. The topological polar surface area (TPSA) is 24.9 Å². The Labute approximate surface area is 138 Å². The lowest BCUT2D eigenvalue weighted by atomic mass is 9.99. The third-order valence-electron chi connectivity index (χ3n) is 3.85. The number of nitrogens with zero attached hydrogens (tertiary/aromatic N) is 2. The van der Waals surface area contributed by atoms with Crippen molar-refractivity contribution in [2.24, 2.45) is 5.41 Å². The lowest BCUT2D eigenvalue weighted by Gasteiger charge is -2.40. The Morgan fingerprint density at radius 1 is 0.955 bits per heavy atom. The van der Waals surface area contributed by atoms with E-state index in [0.717, 1.165) is 52.5 Å². The van der Waals surface area contributed by atoms with Crippen molar-refractivity contribution in [1.29, 1.82) is 0 Å². The van der Waals surface area contributed by atoms with Crippen LogP contribution in [0.1, 0.15) is 48.5 Å². The molecular formula is C18H38N2O2. The zero-order chi connectivity index (χ0) is 16.8. The lowest BCUT2D eigenvalue weighted by Crippen LogP contribution is -2.53. The normalized spacial score (nSPS) is 22.2. The zero-order valence-corrected chi connectivity index (χ0v) is 15.9. The van der Waals surface area contributed by atoms with Gasteiger partial charge in [-0.25, -0.2) is 0 Å². The molecule has 1 fully saturated rings. The largest absolute Gasteiger partial charge is 0.380 e. The monoisotopic (exact) mass is 314 g/mol. The quantitative estimate of drug-likeness (QED) is 0.675. The van der Waals surface area contributed by atoms with Crippen LogP contribution in [0.4, 0.5) is 0 Å². The van der Waals surface area contributed by atoms with Crippen LogP contribution in [0, 0.1) is 5.41 Å². The van der Waals surface area contributed by atoms with Crippen molar-refractivity contribution in [2.45, 2.75) is 60.1 Å². The summed E-state index contributed by atoms with van der Waals surface area (Å²) >= 11 is 0. The van der Waals surface area contributed by atoms with Gasteiger partial charge in [0.2, 0.25) is 0 Å². The first-order chi connectivity index (χ1) is 10.1. The van der Waals surface area contributed by atoms with Crippen LogP contribution in [0.5, 0.6) is 0 Å². The third kappa shape index (κ3) is 9.09. The standard InChI is InChI=1S/C18H38N2O2/c1-16-14-19(10-12-21-15-17(2,3)4)8-9-20(16)11-13-22-18(5,6)7/h16H,8-15H2,1-7H3. The predicted octanol–water partition coefficient (Wildman–Crippen LogP) is 2.87. The highest BCUT2D eigenvalue weighted by Crippen LogP contribution is 2.14. The molecule has 4 nitrogen and oxygen atoms in total. The molecule has 0 bridgehead atoms. The molecule has 0 N–H and O–H groups in total. The van der Waals surface area contributed by atoms with E-state index in [4.69, 9.17) is 9.47 Å². The van der Waals surface area contributed by atoms with Gasteiger partial charge in [-0.05, 0) is 33.1 Å². The highest BCUT2D eigenvalue weighted by atomic mass is 16.5. The van der Waals surface area contributed by atoms with E-state index in [2.05, 4.69) is 58.3 Å². The molecule has 0 spiro atoms. The van der Waals surface area contributed by atoms with E-state index in [1.54, 1.807) is 0 Å². The number of rotatable bonds is 7. The minimum Gasteiger partial charge on any atom is -0.380 e. The van der Waals surface area contributed by atoms with E-state index in [1.165, 1.54) is 0 Å². The molecule has 1 aliphatic heterocycles. The van der Waals surface area contributed by atoms with Crippen LogP contribution in [0.3, 0.4) is 0 Å². The van der Waals surface area contributed by atoms with Crippen molar-refractivity contribution >= 4 is 0 Å². The fourth-order valence-electron chi connectivity index (χ4n) is 2.65. The number of ether oxygens (including phenoxy) is 2. The summed E-state index contributed by atoms with van der Waals surface area (Å²) < 4.78 is 11.6. The van der Waals surface area contributed by atoms with Crippen LogP contribution < -0.4 is 0 Å². The molecule has 1 saturated heterocycles. The summed E-state index contributed by atoms with van der Waals surface area (Å²) in [7, 11) is 0. The smallest absolute Gasteiger partial charge is 0.0600 e. The number of piperazine rings is 1. The van der Waals surface area contributed by atoms with Gasteiger partial charge < -0.3 is 9.47 Å². The van der Waals surface area contributed by atoms with Crippen LogP contribution >= 0.6 is 0 Å². The highest BCUT2D eigenvalue weighted by Gasteiger charge is 2.23. The fraction of sp³-hybridized carbons (Fsp3) is 1.00. The average molecular weight is 315 g/mol. The van der Waals surface area contributed by atoms with E-state index in [1.807, 2.05) is 0 Å². The molecule has 0 aromatic carbocycles. The summed E-state index contributed by atoms with van der Waals surface area (Å²) in [4.78, 5) is 5.06. The lowest BCUT2D eigenvalue weighted by molar-refractivity contribution is -0.0277. The Morgan fingerprint density at radius 2 is 1.64 bits per heavy atom. The van der Waals surface area contributed by atoms with Crippen molar-refractivity contribution in [3.05, 3.63) is 0 Å². The number of hydrogen-bond acceptors (Lipinski definition) is 4. The van der Waals surface area contributed by atoms with Gasteiger partial charge in [-0.3, -0.25) is 9.80 Å². The molecule has 0 aromatic rings. The Kier molecular flexibility index (Phi) is 7.80.